The quantitative estimate of drug-likeness (QED) is 0.226. The van der Waals surface area contributed by atoms with Crippen LogP contribution in [0.2, 0.25) is 0 Å². The SMILES string of the molecule is COC(CCCOCC1CO1)(CO[SiH3])OC. The van der Waals surface area contributed by atoms with Crippen LogP contribution in [-0.2, 0) is 23.4 Å². The Morgan fingerprint density at radius 1 is 1.38 bits per heavy atom. The second kappa shape index (κ2) is 7.36. The molecule has 0 aromatic rings. The second-order valence-electron chi connectivity index (χ2n) is 3.89. The van der Waals surface area contributed by atoms with Crippen molar-refractivity contribution < 1.29 is 23.4 Å². The molecule has 1 rings (SSSR count). The van der Waals surface area contributed by atoms with Gasteiger partial charge in [-0.2, -0.15) is 0 Å². The molecule has 0 N–H and O–H groups in total. The van der Waals surface area contributed by atoms with Crippen molar-refractivity contribution in [3.63, 3.8) is 0 Å². The largest absolute Gasteiger partial charge is 0.422 e. The number of rotatable bonds is 10. The van der Waals surface area contributed by atoms with Gasteiger partial charge < -0.3 is 23.4 Å². The van der Waals surface area contributed by atoms with Crippen LogP contribution in [0.3, 0.4) is 0 Å². The van der Waals surface area contributed by atoms with Crippen molar-refractivity contribution in [2.45, 2.75) is 24.7 Å². The standard InChI is InChI=1S/C10H22O5Si/c1-11-10(12-2,8-15-16)4-3-5-13-6-9-7-14-9/h9H,3-8H2,1-2,16H3. The highest BCUT2D eigenvalue weighted by atomic mass is 28.2. The van der Waals surface area contributed by atoms with Crippen LogP contribution < -0.4 is 0 Å². The maximum absolute atomic E-state index is 5.45. The van der Waals surface area contributed by atoms with Gasteiger partial charge in [-0.05, 0) is 6.42 Å². The molecule has 16 heavy (non-hydrogen) atoms. The molecule has 1 atom stereocenters. The highest BCUT2D eigenvalue weighted by Gasteiger charge is 2.29. The molecule has 0 spiro atoms. The number of hydrogen-bond acceptors (Lipinski definition) is 5. The molecule has 1 aliphatic rings. The highest BCUT2D eigenvalue weighted by molar-refractivity contribution is 5.97. The Morgan fingerprint density at radius 2 is 2.06 bits per heavy atom. The maximum atomic E-state index is 5.45. The molecule has 1 unspecified atom stereocenters. The molecule has 1 saturated heterocycles. The number of hydrogen-bond donors (Lipinski definition) is 0. The lowest BCUT2D eigenvalue weighted by atomic mass is 10.1. The molecular weight excluding hydrogens is 228 g/mol. The minimum atomic E-state index is -0.610. The summed E-state index contributed by atoms with van der Waals surface area (Å²) in [7, 11) is 3.97. The smallest absolute Gasteiger partial charge is 0.189 e. The summed E-state index contributed by atoms with van der Waals surface area (Å²) in [5.74, 6) is -0.610. The van der Waals surface area contributed by atoms with Gasteiger partial charge in [-0.1, -0.05) is 0 Å². The van der Waals surface area contributed by atoms with Crippen molar-refractivity contribution in [2.24, 2.45) is 0 Å². The fourth-order valence-electron chi connectivity index (χ4n) is 1.52. The zero-order valence-corrected chi connectivity index (χ0v) is 12.4. The summed E-state index contributed by atoms with van der Waals surface area (Å²) in [5, 5.41) is 0. The Balaban J connectivity index is 2.09. The number of epoxide rings is 1. The van der Waals surface area contributed by atoms with E-state index in [1.165, 1.54) is 0 Å². The highest BCUT2D eigenvalue weighted by Crippen LogP contribution is 2.19. The van der Waals surface area contributed by atoms with E-state index in [1.807, 2.05) is 0 Å². The van der Waals surface area contributed by atoms with Crippen molar-refractivity contribution in [1.82, 2.24) is 0 Å². The molecule has 0 amide bonds. The van der Waals surface area contributed by atoms with Gasteiger partial charge in [0.2, 0.25) is 0 Å². The van der Waals surface area contributed by atoms with Crippen molar-refractivity contribution >= 4 is 10.5 Å². The van der Waals surface area contributed by atoms with Crippen LogP contribution in [0.1, 0.15) is 12.8 Å². The second-order valence-corrected chi connectivity index (χ2v) is 4.46. The molecule has 0 aromatic carbocycles. The molecule has 96 valence electrons. The van der Waals surface area contributed by atoms with Gasteiger partial charge in [0, 0.05) is 27.2 Å². The first-order chi connectivity index (χ1) is 7.76. The van der Waals surface area contributed by atoms with E-state index < -0.39 is 5.79 Å². The van der Waals surface area contributed by atoms with Crippen molar-refractivity contribution in [3.8, 4) is 0 Å². The van der Waals surface area contributed by atoms with Crippen molar-refractivity contribution in [2.75, 3.05) is 40.6 Å². The molecule has 0 aromatic heterocycles. The third kappa shape index (κ3) is 4.90. The summed E-state index contributed by atoms with van der Waals surface area (Å²) in [4.78, 5) is 0. The van der Waals surface area contributed by atoms with Crippen LogP contribution in [0.5, 0.6) is 0 Å². The van der Waals surface area contributed by atoms with E-state index in [2.05, 4.69) is 0 Å². The lowest BCUT2D eigenvalue weighted by Crippen LogP contribution is -2.39. The van der Waals surface area contributed by atoms with Gasteiger partial charge in [-0.15, -0.1) is 0 Å². The first kappa shape index (κ1) is 14.1. The molecule has 0 bridgehead atoms. The molecular formula is C10H22O5Si. The molecule has 0 aliphatic carbocycles. The Labute approximate surface area is 99.9 Å². The summed E-state index contributed by atoms with van der Waals surface area (Å²) < 4.78 is 26.4. The third-order valence-electron chi connectivity index (χ3n) is 2.66. The lowest BCUT2D eigenvalue weighted by molar-refractivity contribution is -0.227. The number of ether oxygens (including phenoxy) is 4. The predicted octanol–water partition coefficient (Wildman–Crippen LogP) is -0.532. The zero-order chi connectivity index (χ0) is 11.9. The van der Waals surface area contributed by atoms with Gasteiger partial charge in [0.1, 0.15) is 16.6 Å². The van der Waals surface area contributed by atoms with Gasteiger partial charge in [0.15, 0.2) is 5.79 Å². The molecule has 1 heterocycles. The summed E-state index contributed by atoms with van der Waals surface area (Å²) in [6.45, 7) is 2.73. The minimum Gasteiger partial charge on any atom is -0.422 e. The monoisotopic (exact) mass is 250 g/mol. The maximum Gasteiger partial charge on any atom is 0.189 e. The van der Waals surface area contributed by atoms with Crippen LogP contribution in [0, 0.1) is 0 Å². The van der Waals surface area contributed by atoms with Gasteiger partial charge in [0.25, 0.3) is 0 Å². The Morgan fingerprint density at radius 3 is 2.56 bits per heavy atom. The third-order valence-corrected chi connectivity index (χ3v) is 2.95. The van der Waals surface area contributed by atoms with E-state index in [1.54, 1.807) is 14.2 Å². The van der Waals surface area contributed by atoms with E-state index in [-0.39, 0.29) is 0 Å². The van der Waals surface area contributed by atoms with Crippen LogP contribution in [0.15, 0.2) is 0 Å². The number of methoxy groups -OCH3 is 2. The molecule has 0 radical (unpaired) electrons. The molecule has 1 fully saturated rings. The van der Waals surface area contributed by atoms with Crippen LogP contribution in [-0.4, -0.2) is 63.0 Å². The van der Waals surface area contributed by atoms with Crippen molar-refractivity contribution in [3.05, 3.63) is 0 Å². The van der Waals surface area contributed by atoms with Gasteiger partial charge >= 0.3 is 0 Å². The van der Waals surface area contributed by atoms with E-state index in [0.717, 1.165) is 19.4 Å². The Bertz CT molecular complexity index is 182. The lowest BCUT2D eigenvalue weighted by Gasteiger charge is -2.30. The van der Waals surface area contributed by atoms with E-state index in [0.29, 0.717) is 36.4 Å². The summed E-state index contributed by atoms with van der Waals surface area (Å²) in [6, 6.07) is 0. The fourth-order valence-corrected chi connectivity index (χ4v) is 1.96. The average molecular weight is 250 g/mol. The molecule has 0 saturated carbocycles. The van der Waals surface area contributed by atoms with Crippen LogP contribution >= 0.6 is 0 Å². The van der Waals surface area contributed by atoms with Crippen molar-refractivity contribution in [1.29, 1.82) is 0 Å². The van der Waals surface area contributed by atoms with Crippen LogP contribution in [0.25, 0.3) is 0 Å². The zero-order valence-electron chi connectivity index (χ0n) is 10.4. The molecule has 5 nitrogen and oxygen atoms in total. The topological polar surface area (TPSA) is 49.5 Å². The first-order valence-corrected chi connectivity index (χ1v) is 6.36. The molecule has 1 aliphatic heterocycles. The summed E-state index contributed by atoms with van der Waals surface area (Å²) in [6.07, 6.45) is 1.99. The van der Waals surface area contributed by atoms with Crippen LogP contribution in [0.4, 0.5) is 0 Å². The van der Waals surface area contributed by atoms with Gasteiger partial charge in [-0.25, -0.2) is 0 Å². The predicted molar refractivity (Wildman–Crippen MR) is 62.4 cm³/mol. The fraction of sp³-hybridized carbons (Fsp3) is 1.00. The summed E-state index contributed by atoms with van der Waals surface area (Å²) in [5.41, 5.74) is 0. The Kier molecular flexibility index (Phi) is 6.48. The van der Waals surface area contributed by atoms with Gasteiger partial charge in [-0.3, -0.25) is 0 Å². The first-order valence-electron chi connectivity index (χ1n) is 5.55. The average Bonchev–Trinajstić information content (AvgIpc) is 3.11. The van der Waals surface area contributed by atoms with E-state index in [4.69, 9.17) is 23.4 Å². The van der Waals surface area contributed by atoms with E-state index in [9.17, 15) is 0 Å². The van der Waals surface area contributed by atoms with E-state index >= 15 is 0 Å². The normalized spacial score (nSPS) is 20.2. The Hall–Kier alpha value is 0.0169. The van der Waals surface area contributed by atoms with Gasteiger partial charge in [0.05, 0.1) is 19.8 Å². The molecule has 6 heteroatoms. The summed E-state index contributed by atoms with van der Waals surface area (Å²) >= 11 is 0. The minimum absolute atomic E-state index is 0.333.